The minimum absolute atomic E-state index is 0.793. The summed E-state index contributed by atoms with van der Waals surface area (Å²) >= 11 is 0. The van der Waals surface area contributed by atoms with Crippen LogP contribution in [-0.2, 0) is 0 Å². The van der Waals surface area contributed by atoms with Gasteiger partial charge in [0.05, 0.1) is 5.69 Å². The Labute approximate surface area is 114 Å². The molecule has 0 aliphatic heterocycles. The number of anilines is 1. The van der Waals surface area contributed by atoms with Gasteiger partial charge in [0.1, 0.15) is 0 Å². The molecule has 2 rings (SSSR count). The SMILES string of the molecule is C=Cc1cc(-c2ccc(C)cc2N)ccc1N=CC. The van der Waals surface area contributed by atoms with Crippen LogP contribution in [0.25, 0.3) is 17.2 Å². The van der Waals surface area contributed by atoms with Gasteiger partial charge in [-0.1, -0.05) is 30.9 Å². The van der Waals surface area contributed by atoms with Gasteiger partial charge in [-0.3, -0.25) is 4.99 Å². The second-order valence-corrected chi connectivity index (χ2v) is 4.46. The molecule has 0 fully saturated rings. The van der Waals surface area contributed by atoms with E-state index < -0.39 is 0 Å². The van der Waals surface area contributed by atoms with Crippen molar-refractivity contribution in [3.05, 3.63) is 54.1 Å². The molecule has 0 amide bonds. The average Bonchev–Trinajstić information content (AvgIpc) is 2.40. The number of hydrogen-bond acceptors (Lipinski definition) is 2. The Morgan fingerprint density at radius 3 is 2.58 bits per heavy atom. The molecule has 2 heteroatoms. The summed E-state index contributed by atoms with van der Waals surface area (Å²) in [6.45, 7) is 7.78. The topological polar surface area (TPSA) is 38.4 Å². The van der Waals surface area contributed by atoms with Crippen molar-refractivity contribution in [3.8, 4) is 11.1 Å². The average molecular weight is 250 g/mol. The normalized spacial score (nSPS) is 10.8. The summed E-state index contributed by atoms with van der Waals surface area (Å²) in [5.41, 5.74) is 12.1. The molecule has 2 aromatic carbocycles. The maximum absolute atomic E-state index is 6.09. The molecule has 2 nitrogen and oxygen atoms in total. The van der Waals surface area contributed by atoms with Crippen LogP contribution in [0, 0.1) is 6.92 Å². The molecule has 0 aromatic heterocycles. The van der Waals surface area contributed by atoms with Crippen LogP contribution in [0.5, 0.6) is 0 Å². The van der Waals surface area contributed by atoms with Crippen LogP contribution in [0.4, 0.5) is 11.4 Å². The monoisotopic (exact) mass is 250 g/mol. The standard InChI is InChI=1S/C17H18N2/c1-4-13-11-14(7-9-17(13)19-5-2)15-8-6-12(3)10-16(15)18/h4-11H,1,18H2,2-3H3. The number of aryl methyl sites for hydroxylation is 1. The van der Waals surface area contributed by atoms with E-state index in [9.17, 15) is 0 Å². The van der Waals surface area contributed by atoms with E-state index in [-0.39, 0.29) is 0 Å². The second-order valence-electron chi connectivity index (χ2n) is 4.46. The van der Waals surface area contributed by atoms with Crippen LogP contribution in [0.15, 0.2) is 48.0 Å². The first-order chi connectivity index (χ1) is 9.15. The molecule has 19 heavy (non-hydrogen) atoms. The summed E-state index contributed by atoms with van der Waals surface area (Å²) in [7, 11) is 0. The Bertz CT molecular complexity index is 640. The van der Waals surface area contributed by atoms with E-state index in [0.717, 1.165) is 33.6 Å². The number of benzene rings is 2. The van der Waals surface area contributed by atoms with Gasteiger partial charge in [0.2, 0.25) is 0 Å². The van der Waals surface area contributed by atoms with Crippen molar-refractivity contribution in [1.29, 1.82) is 0 Å². The van der Waals surface area contributed by atoms with Crippen molar-refractivity contribution in [1.82, 2.24) is 0 Å². The minimum atomic E-state index is 0.793. The molecule has 2 N–H and O–H groups in total. The fourth-order valence-corrected chi connectivity index (χ4v) is 2.09. The highest BCUT2D eigenvalue weighted by molar-refractivity contribution is 5.81. The lowest BCUT2D eigenvalue weighted by atomic mass is 9.99. The van der Waals surface area contributed by atoms with Gasteiger partial charge >= 0.3 is 0 Å². The van der Waals surface area contributed by atoms with Crippen LogP contribution in [-0.4, -0.2) is 6.21 Å². The lowest BCUT2D eigenvalue weighted by Crippen LogP contribution is -1.91. The lowest BCUT2D eigenvalue weighted by molar-refractivity contribution is 1.46. The molecule has 96 valence electrons. The third-order valence-corrected chi connectivity index (χ3v) is 3.03. The molecular weight excluding hydrogens is 232 g/mol. The van der Waals surface area contributed by atoms with Crippen LogP contribution in [0.2, 0.25) is 0 Å². The summed E-state index contributed by atoms with van der Waals surface area (Å²) in [5, 5.41) is 0. The zero-order valence-electron chi connectivity index (χ0n) is 11.4. The third-order valence-electron chi connectivity index (χ3n) is 3.03. The summed E-state index contributed by atoms with van der Waals surface area (Å²) in [6, 6.07) is 12.2. The van der Waals surface area contributed by atoms with Crippen molar-refractivity contribution in [3.63, 3.8) is 0 Å². The first kappa shape index (κ1) is 13.1. The van der Waals surface area contributed by atoms with E-state index in [4.69, 9.17) is 5.73 Å². The minimum Gasteiger partial charge on any atom is -0.398 e. The predicted octanol–water partition coefficient (Wildman–Crippen LogP) is 4.61. The zero-order chi connectivity index (χ0) is 13.8. The van der Waals surface area contributed by atoms with Gasteiger partial charge in [-0.2, -0.15) is 0 Å². The number of nitrogen functional groups attached to an aromatic ring is 1. The Hall–Kier alpha value is -2.35. The Morgan fingerprint density at radius 2 is 1.95 bits per heavy atom. The van der Waals surface area contributed by atoms with E-state index in [0.29, 0.717) is 0 Å². The van der Waals surface area contributed by atoms with E-state index in [1.165, 1.54) is 0 Å². The smallest absolute Gasteiger partial charge is 0.0698 e. The van der Waals surface area contributed by atoms with Gasteiger partial charge in [-0.25, -0.2) is 0 Å². The first-order valence-corrected chi connectivity index (χ1v) is 6.27. The number of rotatable bonds is 3. The Balaban J connectivity index is 2.54. The summed E-state index contributed by atoms with van der Waals surface area (Å²) < 4.78 is 0. The highest BCUT2D eigenvalue weighted by atomic mass is 14.7. The quantitative estimate of drug-likeness (QED) is 0.627. The molecular formula is C17H18N2. The zero-order valence-corrected chi connectivity index (χ0v) is 11.4. The molecule has 0 saturated carbocycles. The van der Waals surface area contributed by atoms with Crippen LogP contribution in [0.1, 0.15) is 18.1 Å². The van der Waals surface area contributed by atoms with E-state index in [1.54, 1.807) is 6.21 Å². The lowest BCUT2D eigenvalue weighted by Gasteiger charge is -2.09. The highest BCUT2D eigenvalue weighted by Crippen LogP contribution is 2.31. The number of aliphatic imine (C=N–C) groups is 1. The maximum Gasteiger partial charge on any atom is 0.0698 e. The second kappa shape index (κ2) is 5.53. The van der Waals surface area contributed by atoms with Gasteiger partial charge in [0.25, 0.3) is 0 Å². The Morgan fingerprint density at radius 1 is 1.16 bits per heavy atom. The molecule has 0 saturated heterocycles. The summed E-state index contributed by atoms with van der Waals surface area (Å²) in [5.74, 6) is 0. The highest BCUT2D eigenvalue weighted by Gasteiger charge is 2.05. The summed E-state index contributed by atoms with van der Waals surface area (Å²) in [6.07, 6.45) is 3.60. The molecule has 0 radical (unpaired) electrons. The third kappa shape index (κ3) is 2.74. The van der Waals surface area contributed by atoms with Crippen LogP contribution < -0.4 is 5.73 Å². The van der Waals surface area contributed by atoms with Gasteiger partial charge in [0, 0.05) is 23.0 Å². The fourth-order valence-electron chi connectivity index (χ4n) is 2.09. The number of hydrogen-bond donors (Lipinski definition) is 1. The fraction of sp³-hybridized carbons (Fsp3) is 0.118. The van der Waals surface area contributed by atoms with Gasteiger partial charge < -0.3 is 5.73 Å². The molecule has 2 aromatic rings. The first-order valence-electron chi connectivity index (χ1n) is 6.27. The molecule has 0 aliphatic carbocycles. The molecule has 0 bridgehead atoms. The van der Waals surface area contributed by atoms with E-state index in [1.807, 2.05) is 38.1 Å². The van der Waals surface area contributed by atoms with Crippen LogP contribution >= 0.6 is 0 Å². The molecule has 0 atom stereocenters. The van der Waals surface area contributed by atoms with Crippen molar-refractivity contribution >= 4 is 23.7 Å². The van der Waals surface area contributed by atoms with Crippen molar-refractivity contribution < 1.29 is 0 Å². The van der Waals surface area contributed by atoms with Crippen molar-refractivity contribution in [2.24, 2.45) is 4.99 Å². The maximum atomic E-state index is 6.09. The van der Waals surface area contributed by atoms with E-state index >= 15 is 0 Å². The molecule has 0 heterocycles. The Kier molecular flexibility index (Phi) is 3.81. The number of nitrogens with two attached hydrogens (primary N) is 1. The van der Waals surface area contributed by atoms with Gasteiger partial charge in [0.15, 0.2) is 0 Å². The van der Waals surface area contributed by atoms with Gasteiger partial charge in [-0.15, -0.1) is 0 Å². The van der Waals surface area contributed by atoms with Crippen molar-refractivity contribution in [2.75, 3.05) is 5.73 Å². The molecule has 0 aliphatic rings. The number of nitrogens with zero attached hydrogens (tertiary/aromatic N) is 1. The largest absolute Gasteiger partial charge is 0.398 e. The summed E-state index contributed by atoms with van der Waals surface area (Å²) in [4.78, 5) is 4.32. The van der Waals surface area contributed by atoms with Crippen LogP contribution in [0.3, 0.4) is 0 Å². The molecule has 0 unspecified atom stereocenters. The predicted molar refractivity (Wildman–Crippen MR) is 84.9 cm³/mol. The van der Waals surface area contributed by atoms with E-state index in [2.05, 4.69) is 29.8 Å². The molecule has 0 spiro atoms. The van der Waals surface area contributed by atoms with Crippen molar-refractivity contribution in [2.45, 2.75) is 13.8 Å². The van der Waals surface area contributed by atoms with Gasteiger partial charge in [-0.05, 0) is 43.2 Å².